The number of nitrogens with two attached hydrogens (primary N) is 1. The first-order chi connectivity index (χ1) is 16.8. The Bertz CT molecular complexity index is 1060. The number of nitrogens with one attached hydrogen (secondary N) is 3. The standard InChI is InChI=1S/C23H28FN7O4/c1-2-30-22(33)29-21(31(23(30)34)13-14-3-5-15(24)6-4-14)27-16-7-9-17(10-8-16)35-19-12-26-11-18(28-19)20(25)32/h3-9,11,17-19,21,27-28H,2,10,12-13H2,1H3,(H2,25,32)(H,29,33). The van der Waals surface area contributed by atoms with E-state index in [4.69, 9.17) is 10.5 Å². The normalized spacial score (nSPS) is 26.4. The fourth-order valence-electron chi connectivity index (χ4n) is 3.94. The fourth-order valence-corrected chi connectivity index (χ4v) is 3.94. The Morgan fingerprint density at radius 3 is 2.74 bits per heavy atom. The third-order valence-corrected chi connectivity index (χ3v) is 5.78. The van der Waals surface area contributed by atoms with Crippen molar-refractivity contribution < 1.29 is 23.5 Å². The molecule has 0 bridgehead atoms. The van der Waals surface area contributed by atoms with E-state index in [9.17, 15) is 18.8 Å². The van der Waals surface area contributed by atoms with Gasteiger partial charge in [0.05, 0.1) is 19.2 Å². The number of allylic oxidation sites excluding steroid dienone is 1. The van der Waals surface area contributed by atoms with Crippen LogP contribution in [0.5, 0.6) is 0 Å². The smallest absolute Gasteiger partial charge is 0.331 e. The Hall–Kier alpha value is -3.77. The van der Waals surface area contributed by atoms with E-state index in [0.29, 0.717) is 18.7 Å². The molecule has 1 fully saturated rings. The Kier molecular flexibility index (Phi) is 7.42. The number of primary amides is 1. The SMILES string of the molecule is CCN1C(=O)NC(NC2=CCC(OC3CN=CC(C(N)=O)N3)C=C2)N(Cc2ccc(F)cc2)C1=O. The van der Waals surface area contributed by atoms with Crippen molar-refractivity contribution in [2.75, 3.05) is 13.1 Å². The van der Waals surface area contributed by atoms with E-state index >= 15 is 0 Å². The topological polar surface area (TPSA) is 141 Å². The molecule has 1 aliphatic carbocycles. The molecule has 1 aromatic carbocycles. The van der Waals surface area contributed by atoms with Gasteiger partial charge in [0.1, 0.15) is 18.1 Å². The van der Waals surface area contributed by atoms with Crippen molar-refractivity contribution in [3.05, 3.63) is 59.6 Å². The highest BCUT2D eigenvalue weighted by Crippen LogP contribution is 2.18. The average molecular weight is 486 g/mol. The molecule has 4 unspecified atom stereocenters. The van der Waals surface area contributed by atoms with Crippen molar-refractivity contribution in [1.82, 2.24) is 25.8 Å². The molecule has 5 N–H and O–H groups in total. The third-order valence-electron chi connectivity index (χ3n) is 5.78. The zero-order chi connectivity index (χ0) is 24.9. The fraction of sp³-hybridized carbons (Fsp3) is 0.391. The van der Waals surface area contributed by atoms with E-state index in [0.717, 1.165) is 10.5 Å². The number of hydrogen-bond donors (Lipinski definition) is 4. The first-order valence-electron chi connectivity index (χ1n) is 11.3. The van der Waals surface area contributed by atoms with Crippen LogP contribution in [0.1, 0.15) is 18.9 Å². The molecule has 1 saturated heterocycles. The van der Waals surface area contributed by atoms with Gasteiger partial charge in [-0.2, -0.15) is 0 Å². The zero-order valence-corrected chi connectivity index (χ0v) is 19.2. The summed E-state index contributed by atoms with van der Waals surface area (Å²) in [5, 5.41) is 8.98. The minimum Gasteiger partial charge on any atom is -0.368 e. The van der Waals surface area contributed by atoms with Crippen molar-refractivity contribution in [1.29, 1.82) is 0 Å². The van der Waals surface area contributed by atoms with E-state index in [2.05, 4.69) is 20.9 Å². The lowest BCUT2D eigenvalue weighted by molar-refractivity contribution is -0.120. The largest absolute Gasteiger partial charge is 0.368 e. The van der Waals surface area contributed by atoms with E-state index in [1.54, 1.807) is 25.1 Å². The maximum Gasteiger partial charge on any atom is 0.331 e. The number of amides is 5. The van der Waals surface area contributed by atoms with Crippen molar-refractivity contribution in [3.63, 3.8) is 0 Å². The molecule has 12 heteroatoms. The summed E-state index contributed by atoms with van der Waals surface area (Å²) in [4.78, 5) is 43.5. The minimum atomic E-state index is -0.804. The molecule has 2 heterocycles. The number of nitrogens with zero attached hydrogens (tertiary/aromatic N) is 3. The Balaban J connectivity index is 1.39. The molecule has 1 aromatic rings. The van der Waals surface area contributed by atoms with Gasteiger partial charge in [0.15, 0.2) is 6.29 Å². The number of rotatable bonds is 8. The number of carbonyl (C=O) groups is 3. The molecular formula is C23H28FN7O4. The maximum absolute atomic E-state index is 13.3. The monoisotopic (exact) mass is 485 g/mol. The maximum atomic E-state index is 13.3. The van der Waals surface area contributed by atoms with Gasteiger partial charge in [-0.05, 0) is 37.1 Å². The Morgan fingerprint density at radius 1 is 1.31 bits per heavy atom. The third kappa shape index (κ3) is 5.84. The minimum absolute atomic E-state index is 0.172. The highest BCUT2D eigenvalue weighted by molar-refractivity contribution is 5.97. The van der Waals surface area contributed by atoms with Crippen LogP contribution in [0.3, 0.4) is 0 Å². The Morgan fingerprint density at radius 2 is 2.09 bits per heavy atom. The van der Waals surface area contributed by atoms with Crippen LogP contribution < -0.4 is 21.7 Å². The predicted octanol–water partition coefficient (Wildman–Crippen LogP) is 0.749. The average Bonchev–Trinajstić information content (AvgIpc) is 2.84. The van der Waals surface area contributed by atoms with E-state index < -0.39 is 36.5 Å². The van der Waals surface area contributed by atoms with Crippen LogP contribution >= 0.6 is 0 Å². The van der Waals surface area contributed by atoms with Gasteiger partial charge in [-0.1, -0.05) is 24.3 Å². The Labute approximate surface area is 201 Å². The molecule has 5 amide bonds. The lowest BCUT2D eigenvalue weighted by Crippen LogP contribution is -2.68. The van der Waals surface area contributed by atoms with Crippen LogP contribution in [0.25, 0.3) is 0 Å². The van der Waals surface area contributed by atoms with Crippen molar-refractivity contribution >= 4 is 24.2 Å². The molecule has 0 radical (unpaired) electrons. The quantitative estimate of drug-likeness (QED) is 0.428. The highest BCUT2D eigenvalue weighted by atomic mass is 19.1. The van der Waals surface area contributed by atoms with E-state index in [1.165, 1.54) is 23.2 Å². The summed E-state index contributed by atoms with van der Waals surface area (Å²) in [7, 11) is 0. The molecule has 3 aliphatic rings. The second-order valence-corrected chi connectivity index (χ2v) is 8.26. The molecule has 2 aliphatic heterocycles. The summed E-state index contributed by atoms with van der Waals surface area (Å²) >= 11 is 0. The lowest BCUT2D eigenvalue weighted by Gasteiger charge is -2.41. The van der Waals surface area contributed by atoms with Crippen LogP contribution in [0.2, 0.25) is 0 Å². The van der Waals surface area contributed by atoms with Gasteiger partial charge in [0, 0.05) is 18.5 Å². The summed E-state index contributed by atoms with van der Waals surface area (Å²) in [6.45, 7) is 2.47. The number of urea groups is 2. The molecule has 4 atom stereocenters. The molecular weight excluding hydrogens is 457 g/mol. The molecule has 0 saturated carbocycles. The van der Waals surface area contributed by atoms with Crippen LogP contribution in [0.15, 0.2) is 53.2 Å². The van der Waals surface area contributed by atoms with E-state index in [1.807, 2.05) is 12.2 Å². The summed E-state index contributed by atoms with van der Waals surface area (Å²) in [5.41, 5.74) is 6.73. The lowest BCUT2D eigenvalue weighted by atomic mass is 10.1. The van der Waals surface area contributed by atoms with Gasteiger partial charge in [-0.25, -0.2) is 18.9 Å². The molecule has 4 rings (SSSR count). The van der Waals surface area contributed by atoms with Gasteiger partial charge < -0.3 is 15.8 Å². The zero-order valence-electron chi connectivity index (χ0n) is 19.2. The molecule has 35 heavy (non-hydrogen) atoms. The van der Waals surface area contributed by atoms with Gasteiger partial charge in [0.25, 0.3) is 0 Å². The number of halogens is 1. The van der Waals surface area contributed by atoms with Crippen molar-refractivity contribution in [3.8, 4) is 0 Å². The van der Waals surface area contributed by atoms with Crippen LogP contribution in [0, 0.1) is 5.82 Å². The molecule has 11 nitrogen and oxygen atoms in total. The number of imide groups is 1. The predicted molar refractivity (Wildman–Crippen MR) is 125 cm³/mol. The van der Waals surface area contributed by atoms with Gasteiger partial charge in [-0.15, -0.1) is 0 Å². The van der Waals surface area contributed by atoms with Crippen LogP contribution in [0.4, 0.5) is 14.0 Å². The summed E-state index contributed by atoms with van der Waals surface area (Å²) in [6.07, 6.45) is 6.02. The highest BCUT2D eigenvalue weighted by Gasteiger charge is 2.38. The number of ether oxygens (including phenoxy) is 1. The summed E-state index contributed by atoms with van der Waals surface area (Å²) in [6, 6.07) is 4.23. The molecule has 0 aromatic heterocycles. The number of aliphatic imine (C=N–C) groups is 1. The van der Waals surface area contributed by atoms with Crippen LogP contribution in [-0.2, 0) is 16.1 Å². The first kappa shape index (κ1) is 24.4. The van der Waals surface area contributed by atoms with Crippen molar-refractivity contribution in [2.45, 2.75) is 44.6 Å². The summed E-state index contributed by atoms with van der Waals surface area (Å²) in [5.74, 6) is -0.893. The molecule has 186 valence electrons. The van der Waals surface area contributed by atoms with Crippen LogP contribution in [-0.4, -0.2) is 71.7 Å². The molecule has 0 spiro atoms. The first-order valence-corrected chi connectivity index (χ1v) is 11.3. The number of hydrogen-bond acceptors (Lipinski definition) is 7. The van der Waals surface area contributed by atoms with Crippen molar-refractivity contribution in [2.24, 2.45) is 10.7 Å². The second-order valence-electron chi connectivity index (χ2n) is 8.26. The number of benzene rings is 1. The van der Waals surface area contributed by atoms with Gasteiger partial charge in [0.2, 0.25) is 5.91 Å². The summed E-state index contributed by atoms with van der Waals surface area (Å²) < 4.78 is 19.3. The van der Waals surface area contributed by atoms with Gasteiger partial charge in [-0.3, -0.25) is 25.3 Å². The number of carbonyl (C=O) groups excluding carboxylic acids is 3. The van der Waals surface area contributed by atoms with Gasteiger partial charge >= 0.3 is 12.1 Å². The second kappa shape index (κ2) is 10.7. The van der Waals surface area contributed by atoms with E-state index in [-0.39, 0.29) is 25.0 Å².